The molecule has 1 saturated carbocycles. The van der Waals surface area contributed by atoms with Crippen LogP contribution in [-0.4, -0.2) is 35.8 Å². The number of hydrogen-bond acceptors (Lipinski definition) is 2. The topological polar surface area (TPSA) is 49.4 Å². The molecule has 0 spiro atoms. The monoisotopic (exact) mass is 208 g/mol. The molecule has 1 heterocycles. The smallest absolute Gasteiger partial charge is 0.246 e. The molecule has 0 bridgehead atoms. The SMILES string of the molecule is C=C(C)CN1CC(=O)NC(C2CC2)C1=O. The Hall–Kier alpha value is -1.32. The Morgan fingerprint density at radius 3 is 2.73 bits per heavy atom. The van der Waals surface area contributed by atoms with Crippen LogP contribution in [0.1, 0.15) is 19.8 Å². The summed E-state index contributed by atoms with van der Waals surface area (Å²) in [6.45, 7) is 6.31. The minimum absolute atomic E-state index is 0.0484. The van der Waals surface area contributed by atoms with Gasteiger partial charge in [-0.3, -0.25) is 9.59 Å². The highest BCUT2D eigenvalue weighted by Crippen LogP contribution is 2.34. The van der Waals surface area contributed by atoms with Gasteiger partial charge in [-0.15, -0.1) is 0 Å². The first kappa shape index (κ1) is 10.2. The highest BCUT2D eigenvalue weighted by molar-refractivity contribution is 5.95. The average Bonchev–Trinajstić information content (AvgIpc) is 2.92. The molecule has 1 N–H and O–H groups in total. The van der Waals surface area contributed by atoms with E-state index in [0.29, 0.717) is 12.5 Å². The second-order valence-electron chi connectivity index (χ2n) is 4.53. The van der Waals surface area contributed by atoms with Gasteiger partial charge in [-0.2, -0.15) is 0 Å². The Morgan fingerprint density at radius 2 is 2.20 bits per heavy atom. The molecular weight excluding hydrogens is 192 g/mol. The number of nitrogens with one attached hydrogen (secondary N) is 1. The van der Waals surface area contributed by atoms with Crippen LogP contribution in [0.4, 0.5) is 0 Å². The van der Waals surface area contributed by atoms with Gasteiger partial charge in [0.05, 0.1) is 6.54 Å². The quantitative estimate of drug-likeness (QED) is 0.678. The van der Waals surface area contributed by atoms with Crippen molar-refractivity contribution in [3.63, 3.8) is 0 Å². The third-order valence-corrected chi connectivity index (χ3v) is 2.78. The molecule has 0 radical (unpaired) electrons. The van der Waals surface area contributed by atoms with Gasteiger partial charge in [-0.05, 0) is 25.7 Å². The van der Waals surface area contributed by atoms with Gasteiger partial charge in [0.25, 0.3) is 0 Å². The third kappa shape index (κ3) is 2.19. The van der Waals surface area contributed by atoms with Gasteiger partial charge in [0.15, 0.2) is 0 Å². The van der Waals surface area contributed by atoms with E-state index >= 15 is 0 Å². The maximum atomic E-state index is 12.0. The molecule has 2 amide bonds. The van der Waals surface area contributed by atoms with Crippen molar-refractivity contribution in [2.75, 3.05) is 13.1 Å². The molecule has 1 atom stereocenters. The van der Waals surface area contributed by atoms with E-state index in [0.717, 1.165) is 18.4 Å². The summed E-state index contributed by atoms with van der Waals surface area (Å²) >= 11 is 0. The Labute approximate surface area is 89.3 Å². The van der Waals surface area contributed by atoms with E-state index in [9.17, 15) is 9.59 Å². The van der Waals surface area contributed by atoms with Crippen LogP contribution in [0.15, 0.2) is 12.2 Å². The summed E-state index contributed by atoms with van der Waals surface area (Å²) in [5, 5.41) is 2.77. The molecule has 0 aromatic heterocycles. The van der Waals surface area contributed by atoms with E-state index in [1.807, 2.05) is 6.92 Å². The predicted octanol–water partition coefficient (Wildman–Crippen LogP) is 0.299. The minimum Gasteiger partial charge on any atom is -0.342 e. The van der Waals surface area contributed by atoms with E-state index in [-0.39, 0.29) is 24.4 Å². The third-order valence-electron chi connectivity index (χ3n) is 2.78. The normalized spacial score (nSPS) is 26.5. The molecule has 1 aliphatic heterocycles. The molecule has 15 heavy (non-hydrogen) atoms. The largest absolute Gasteiger partial charge is 0.342 e. The van der Waals surface area contributed by atoms with Crippen LogP contribution in [0, 0.1) is 5.92 Å². The zero-order valence-corrected chi connectivity index (χ0v) is 8.95. The van der Waals surface area contributed by atoms with Gasteiger partial charge >= 0.3 is 0 Å². The van der Waals surface area contributed by atoms with Crippen LogP contribution in [0.5, 0.6) is 0 Å². The molecule has 82 valence electrons. The molecule has 4 nitrogen and oxygen atoms in total. The maximum Gasteiger partial charge on any atom is 0.246 e. The zero-order chi connectivity index (χ0) is 11.0. The van der Waals surface area contributed by atoms with E-state index in [1.165, 1.54) is 0 Å². The lowest BCUT2D eigenvalue weighted by molar-refractivity contribution is -0.144. The first-order valence-corrected chi connectivity index (χ1v) is 5.30. The maximum absolute atomic E-state index is 12.0. The van der Waals surface area contributed by atoms with Crippen LogP contribution in [-0.2, 0) is 9.59 Å². The van der Waals surface area contributed by atoms with E-state index in [2.05, 4.69) is 11.9 Å². The Kier molecular flexibility index (Phi) is 2.50. The van der Waals surface area contributed by atoms with Gasteiger partial charge in [-0.25, -0.2) is 0 Å². The number of carbonyl (C=O) groups excluding carboxylic acids is 2. The van der Waals surface area contributed by atoms with Gasteiger partial charge in [0.1, 0.15) is 6.04 Å². The summed E-state index contributed by atoms with van der Waals surface area (Å²) in [5.41, 5.74) is 0.910. The summed E-state index contributed by atoms with van der Waals surface area (Å²) in [6.07, 6.45) is 2.11. The second kappa shape index (κ2) is 3.68. The number of hydrogen-bond donors (Lipinski definition) is 1. The summed E-state index contributed by atoms with van der Waals surface area (Å²) in [7, 11) is 0. The minimum atomic E-state index is -0.273. The van der Waals surface area contributed by atoms with Crippen LogP contribution >= 0.6 is 0 Å². The molecular formula is C11H16N2O2. The van der Waals surface area contributed by atoms with Crippen molar-refractivity contribution in [1.82, 2.24) is 10.2 Å². The Morgan fingerprint density at radius 1 is 1.53 bits per heavy atom. The number of carbonyl (C=O) groups is 2. The molecule has 1 saturated heterocycles. The molecule has 2 rings (SSSR count). The fraction of sp³-hybridized carbons (Fsp3) is 0.636. The van der Waals surface area contributed by atoms with E-state index < -0.39 is 0 Å². The van der Waals surface area contributed by atoms with Crippen molar-refractivity contribution >= 4 is 11.8 Å². The first-order chi connectivity index (χ1) is 7.08. The van der Waals surface area contributed by atoms with Crippen LogP contribution in [0.25, 0.3) is 0 Å². The van der Waals surface area contributed by atoms with Gasteiger partial charge in [0.2, 0.25) is 11.8 Å². The lowest BCUT2D eigenvalue weighted by atomic mass is 10.1. The fourth-order valence-corrected chi connectivity index (χ4v) is 1.94. The summed E-state index contributed by atoms with van der Waals surface area (Å²) in [4.78, 5) is 25.0. The second-order valence-corrected chi connectivity index (χ2v) is 4.53. The first-order valence-electron chi connectivity index (χ1n) is 5.30. The molecule has 2 fully saturated rings. The highest BCUT2D eigenvalue weighted by Gasteiger charge is 2.42. The molecule has 1 unspecified atom stereocenters. The van der Waals surface area contributed by atoms with E-state index in [4.69, 9.17) is 0 Å². The van der Waals surface area contributed by atoms with Crippen LogP contribution < -0.4 is 5.32 Å². The van der Waals surface area contributed by atoms with Gasteiger partial charge in [-0.1, -0.05) is 12.2 Å². The zero-order valence-electron chi connectivity index (χ0n) is 8.95. The number of rotatable bonds is 3. The van der Waals surface area contributed by atoms with Gasteiger partial charge in [0, 0.05) is 6.54 Å². The molecule has 1 aliphatic carbocycles. The van der Waals surface area contributed by atoms with Crippen LogP contribution in [0.2, 0.25) is 0 Å². The molecule has 4 heteroatoms. The van der Waals surface area contributed by atoms with Crippen molar-refractivity contribution < 1.29 is 9.59 Å². The lowest BCUT2D eigenvalue weighted by Crippen LogP contribution is -2.59. The van der Waals surface area contributed by atoms with Crippen LogP contribution in [0.3, 0.4) is 0 Å². The van der Waals surface area contributed by atoms with Crippen molar-refractivity contribution in [1.29, 1.82) is 0 Å². The highest BCUT2D eigenvalue weighted by atomic mass is 16.2. The van der Waals surface area contributed by atoms with E-state index in [1.54, 1.807) is 4.90 Å². The fourth-order valence-electron chi connectivity index (χ4n) is 1.94. The molecule has 0 aromatic rings. The standard InChI is InChI=1S/C11H16N2O2/c1-7(2)5-13-6-9(14)12-10(11(13)15)8-3-4-8/h8,10H,1,3-6H2,2H3,(H,12,14). The van der Waals surface area contributed by atoms with Crippen molar-refractivity contribution in [3.8, 4) is 0 Å². The van der Waals surface area contributed by atoms with Gasteiger partial charge < -0.3 is 10.2 Å². The predicted molar refractivity (Wildman–Crippen MR) is 56.0 cm³/mol. The summed E-state index contributed by atoms with van der Waals surface area (Å²) in [5.74, 6) is 0.377. The number of nitrogens with zero attached hydrogens (tertiary/aromatic N) is 1. The van der Waals surface area contributed by atoms with Crippen molar-refractivity contribution in [3.05, 3.63) is 12.2 Å². The lowest BCUT2D eigenvalue weighted by Gasteiger charge is -2.32. The molecule has 0 aromatic carbocycles. The Balaban J connectivity index is 2.06. The molecule has 2 aliphatic rings. The Bertz CT molecular complexity index is 319. The van der Waals surface area contributed by atoms with Crippen molar-refractivity contribution in [2.45, 2.75) is 25.8 Å². The number of amides is 2. The summed E-state index contributed by atoms with van der Waals surface area (Å²) < 4.78 is 0. The van der Waals surface area contributed by atoms with Crippen molar-refractivity contribution in [2.24, 2.45) is 5.92 Å². The summed E-state index contributed by atoms with van der Waals surface area (Å²) in [6, 6.07) is -0.273. The average molecular weight is 208 g/mol. The number of piperazine rings is 1.